The van der Waals surface area contributed by atoms with Crippen molar-refractivity contribution in [3.63, 3.8) is 0 Å². The highest BCUT2D eigenvalue weighted by molar-refractivity contribution is 7.92. The standard InChI is InChI=1S/C18H26N2O3S/c1-14-12-16(15-6-4-3-5-7-15)13-20(14)17(21)18(24(2,22)23)8-10-19-11-9-18/h3-7,14,16,19H,8-13H2,1-2H3. The van der Waals surface area contributed by atoms with Crippen LogP contribution in [0.1, 0.15) is 37.7 Å². The molecule has 0 radical (unpaired) electrons. The van der Waals surface area contributed by atoms with Gasteiger partial charge < -0.3 is 10.2 Å². The van der Waals surface area contributed by atoms with Gasteiger partial charge >= 0.3 is 0 Å². The average Bonchev–Trinajstić information content (AvgIpc) is 2.96. The molecule has 3 rings (SSSR count). The van der Waals surface area contributed by atoms with Crippen LogP contribution in [-0.4, -0.2) is 55.9 Å². The van der Waals surface area contributed by atoms with Gasteiger partial charge in [0.1, 0.15) is 0 Å². The minimum absolute atomic E-state index is 0.0659. The van der Waals surface area contributed by atoms with Crippen molar-refractivity contribution in [1.29, 1.82) is 0 Å². The molecule has 5 nitrogen and oxygen atoms in total. The Morgan fingerprint density at radius 2 is 1.83 bits per heavy atom. The number of rotatable bonds is 3. The number of benzene rings is 1. The third-order valence-corrected chi connectivity index (χ3v) is 7.62. The Balaban J connectivity index is 1.86. The van der Waals surface area contributed by atoms with Crippen LogP contribution in [0.2, 0.25) is 0 Å². The highest BCUT2D eigenvalue weighted by Crippen LogP contribution is 2.37. The molecule has 2 saturated heterocycles. The lowest BCUT2D eigenvalue weighted by atomic mass is 9.95. The third kappa shape index (κ3) is 2.97. The van der Waals surface area contributed by atoms with E-state index in [4.69, 9.17) is 0 Å². The van der Waals surface area contributed by atoms with E-state index >= 15 is 0 Å². The predicted molar refractivity (Wildman–Crippen MR) is 94.7 cm³/mol. The summed E-state index contributed by atoms with van der Waals surface area (Å²) in [6.45, 7) is 3.78. The minimum Gasteiger partial charge on any atom is -0.338 e. The van der Waals surface area contributed by atoms with Crippen molar-refractivity contribution in [3.05, 3.63) is 35.9 Å². The van der Waals surface area contributed by atoms with Gasteiger partial charge in [0.05, 0.1) is 0 Å². The third-order valence-electron chi connectivity index (χ3n) is 5.62. The number of hydrogen-bond donors (Lipinski definition) is 1. The van der Waals surface area contributed by atoms with E-state index < -0.39 is 14.6 Å². The van der Waals surface area contributed by atoms with Crippen molar-refractivity contribution in [3.8, 4) is 0 Å². The normalized spacial score (nSPS) is 27.2. The number of likely N-dealkylation sites (tertiary alicyclic amines) is 1. The van der Waals surface area contributed by atoms with Crippen LogP contribution >= 0.6 is 0 Å². The molecule has 2 heterocycles. The van der Waals surface area contributed by atoms with E-state index in [9.17, 15) is 13.2 Å². The van der Waals surface area contributed by atoms with Gasteiger partial charge in [-0.15, -0.1) is 0 Å². The Labute approximate surface area is 144 Å². The molecule has 0 saturated carbocycles. The molecule has 1 aromatic rings. The first-order valence-corrected chi connectivity index (χ1v) is 10.5. The van der Waals surface area contributed by atoms with E-state index in [0.29, 0.717) is 32.5 Å². The van der Waals surface area contributed by atoms with Crippen LogP contribution in [0.5, 0.6) is 0 Å². The number of sulfone groups is 1. The Bertz CT molecular complexity index is 696. The van der Waals surface area contributed by atoms with Crippen molar-refractivity contribution >= 4 is 15.7 Å². The quantitative estimate of drug-likeness (QED) is 0.898. The number of carbonyl (C=O) groups is 1. The number of piperidine rings is 1. The summed E-state index contributed by atoms with van der Waals surface area (Å²) in [6, 6.07) is 10.2. The first-order chi connectivity index (χ1) is 11.3. The molecule has 2 fully saturated rings. The maximum atomic E-state index is 13.3. The average molecular weight is 350 g/mol. The summed E-state index contributed by atoms with van der Waals surface area (Å²) in [5, 5.41) is 3.17. The van der Waals surface area contributed by atoms with Crippen molar-refractivity contribution in [2.24, 2.45) is 0 Å². The van der Waals surface area contributed by atoms with Crippen molar-refractivity contribution < 1.29 is 13.2 Å². The van der Waals surface area contributed by atoms with Gasteiger partial charge in [0.25, 0.3) is 0 Å². The van der Waals surface area contributed by atoms with Gasteiger partial charge in [-0.3, -0.25) is 4.79 Å². The van der Waals surface area contributed by atoms with Crippen LogP contribution < -0.4 is 5.32 Å². The van der Waals surface area contributed by atoms with E-state index in [1.807, 2.05) is 30.0 Å². The van der Waals surface area contributed by atoms with Crippen molar-refractivity contribution in [1.82, 2.24) is 10.2 Å². The van der Waals surface area contributed by atoms with E-state index in [1.54, 1.807) is 0 Å². The molecular formula is C18H26N2O3S. The fraction of sp³-hybridized carbons (Fsp3) is 0.611. The van der Waals surface area contributed by atoms with Crippen LogP contribution in [0.3, 0.4) is 0 Å². The highest BCUT2D eigenvalue weighted by atomic mass is 32.2. The fourth-order valence-corrected chi connectivity index (χ4v) is 5.50. The number of nitrogens with one attached hydrogen (secondary N) is 1. The van der Waals surface area contributed by atoms with Gasteiger partial charge in [-0.2, -0.15) is 0 Å². The Kier molecular flexibility index (Phi) is 4.71. The summed E-state index contributed by atoms with van der Waals surface area (Å²) in [5.74, 6) is 0.0842. The van der Waals surface area contributed by atoms with E-state index in [-0.39, 0.29) is 17.9 Å². The topological polar surface area (TPSA) is 66.5 Å². The van der Waals surface area contributed by atoms with Crippen molar-refractivity contribution in [2.75, 3.05) is 25.9 Å². The zero-order valence-corrected chi connectivity index (χ0v) is 15.2. The number of nitrogens with zero attached hydrogens (tertiary/aromatic N) is 1. The summed E-state index contributed by atoms with van der Waals surface area (Å²) in [6.07, 6.45) is 2.83. The van der Waals surface area contributed by atoms with E-state index in [1.165, 1.54) is 11.8 Å². The van der Waals surface area contributed by atoms with Crippen LogP contribution in [0.4, 0.5) is 0 Å². The molecule has 6 heteroatoms. The lowest BCUT2D eigenvalue weighted by molar-refractivity contribution is -0.135. The molecule has 2 aliphatic rings. The lowest BCUT2D eigenvalue weighted by Crippen LogP contribution is -2.58. The summed E-state index contributed by atoms with van der Waals surface area (Å²) in [4.78, 5) is 15.1. The summed E-state index contributed by atoms with van der Waals surface area (Å²) in [5.41, 5.74) is 1.22. The number of hydrogen-bond acceptors (Lipinski definition) is 4. The Hall–Kier alpha value is -1.40. The molecule has 2 atom stereocenters. The SMILES string of the molecule is CC1CC(c2ccccc2)CN1C(=O)C1(S(C)(=O)=O)CCNCC1. The molecule has 132 valence electrons. The molecular weight excluding hydrogens is 324 g/mol. The smallest absolute Gasteiger partial charge is 0.244 e. The zero-order chi connectivity index (χ0) is 17.4. The first-order valence-electron chi connectivity index (χ1n) is 8.61. The number of amides is 1. The van der Waals surface area contributed by atoms with Gasteiger partial charge in [-0.25, -0.2) is 8.42 Å². The van der Waals surface area contributed by atoms with Gasteiger partial charge in [0.2, 0.25) is 5.91 Å². The largest absolute Gasteiger partial charge is 0.338 e. The molecule has 0 aromatic heterocycles. The zero-order valence-electron chi connectivity index (χ0n) is 14.4. The van der Waals surface area contributed by atoms with Gasteiger partial charge in [-0.05, 0) is 44.8 Å². The minimum atomic E-state index is -3.46. The second kappa shape index (κ2) is 6.48. The first kappa shape index (κ1) is 17.4. The second-order valence-electron chi connectivity index (χ2n) is 7.17. The van der Waals surface area contributed by atoms with Crippen LogP contribution in [0.25, 0.3) is 0 Å². The van der Waals surface area contributed by atoms with Gasteiger partial charge in [0.15, 0.2) is 14.6 Å². The molecule has 24 heavy (non-hydrogen) atoms. The molecule has 1 N–H and O–H groups in total. The number of carbonyl (C=O) groups excluding carboxylic acids is 1. The molecule has 1 aromatic carbocycles. The van der Waals surface area contributed by atoms with Crippen LogP contribution in [0, 0.1) is 0 Å². The van der Waals surface area contributed by atoms with Gasteiger partial charge in [-0.1, -0.05) is 30.3 Å². The molecule has 0 bridgehead atoms. The predicted octanol–water partition coefficient (Wildman–Crippen LogP) is 1.56. The maximum Gasteiger partial charge on any atom is 0.244 e. The monoisotopic (exact) mass is 350 g/mol. The summed E-state index contributed by atoms with van der Waals surface area (Å²) in [7, 11) is -3.46. The second-order valence-corrected chi connectivity index (χ2v) is 9.49. The fourth-order valence-electron chi connectivity index (χ4n) is 4.12. The highest BCUT2D eigenvalue weighted by Gasteiger charge is 2.52. The van der Waals surface area contributed by atoms with Crippen LogP contribution in [-0.2, 0) is 14.6 Å². The molecule has 2 aliphatic heterocycles. The van der Waals surface area contributed by atoms with Crippen LogP contribution in [0.15, 0.2) is 30.3 Å². The summed E-state index contributed by atoms with van der Waals surface area (Å²) >= 11 is 0. The molecule has 0 spiro atoms. The molecule has 2 unspecified atom stereocenters. The Morgan fingerprint density at radius 3 is 2.42 bits per heavy atom. The van der Waals surface area contributed by atoms with Gasteiger partial charge in [0, 0.05) is 24.8 Å². The molecule has 0 aliphatic carbocycles. The maximum absolute atomic E-state index is 13.3. The summed E-state index contributed by atoms with van der Waals surface area (Å²) < 4.78 is 23.7. The lowest BCUT2D eigenvalue weighted by Gasteiger charge is -2.38. The van der Waals surface area contributed by atoms with Crippen molar-refractivity contribution in [2.45, 2.75) is 42.9 Å². The van der Waals surface area contributed by atoms with E-state index in [2.05, 4.69) is 17.4 Å². The Morgan fingerprint density at radius 1 is 1.21 bits per heavy atom. The molecule has 1 amide bonds. The van der Waals surface area contributed by atoms with E-state index in [0.717, 1.165) is 6.42 Å².